The van der Waals surface area contributed by atoms with Gasteiger partial charge in [-0.2, -0.15) is 0 Å². The molecular formula is C18H24N2. The molecule has 0 aromatic heterocycles. The van der Waals surface area contributed by atoms with Crippen molar-refractivity contribution < 1.29 is 0 Å². The maximum absolute atomic E-state index is 5.69. The minimum absolute atomic E-state index is 0.318. The standard InChI is InChI=1S/C18H24N2/c1-14-6-8-17(9-7-14)13-18(20-19)11-10-16-5-3-4-15(2)12-16/h3-9,12,18,20H,10-11,13,19H2,1-2H3. The first kappa shape index (κ1) is 14.8. The van der Waals surface area contributed by atoms with Crippen molar-refractivity contribution in [1.29, 1.82) is 0 Å². The number of hydrogen-bond acceptors (Lipinski definition) is 2. The molecule has 0 amide bonds. The van der Waals surface area contributed by atoms with Crippen LogP contribution in [-0.4, -0.2) is 6.04 Å². The van der Waals surface area contributed by atoms with E-state index in [1.807, 2.05) is 0 Å². The summed E-state index contributed by atoms with van der Waals surface area (Å²) in [6.07, 6.45) is 3.08. The van der Waals surface area contributed by atoms with Gasteiger partial charge in [0.25, 0.3) is 0 Å². The van der Waals surface area contributed by atoms with E-state index < -0.39 is 0 Å². The normalized spacial score (nSPS) is 12.3. The van der Waals surface area contributed by atoms with Crippen molar-refractivity contribution in [2.45, 2.75) is 39.2 Å². The monoisotopic (exact) mass is 268 g/mol. The van der Waals surface area contributed by atoms with E-state index in [9.17, 15) is 0 Å². The molecule has 106 valence electrons. The summed E-state index contributed by atoms with van der Waals surface area (Å²) in [6, 6.07) is 17.7. The predicted molar refractivity (Wildman–Crippen MR) is 85.5 cm³/mol. The van der Waals surface area contributed by atoms with Crippen LogP contribution >= 0.6 is 0 Å². The van der Waals surface area contributed by atoms with Crippen molar-refractivity contribution in [2.75, 3.05) is 0 Å². The molecule has 1 unspecified atom stereocenters. The van der Waals surface area contributed by atoms with Crippen LogP contribution in [0.3, 0.4) is 0 Å². The summed E-state index contributed by atoms with van der Waals surface area (Å²) in [5, 5.41) is 0. The van der Waals surface area contributed by atoms with Crippen molar-refractivity contribution >= 4 is 0 Å². The van der Waals surface area contributed by atoms with Gasteiger partial charge in [-0.15, -0.1) is 0 Å². The van der Waals surface area contributed by atoms with Gasteiger partial charge >= 0.3 is 0 Å². The lowest BCUT2D eigenvalue weighted by Gasteiger charge is -2.16. The van der Waals surface area contributed by atoms with E-state index in [0.29, 0.717) is 6.04 Å². The zero-order valence-corrected chi connectivity index (χ0v) is 12.4. The summed E-state index contributed by atoms with van der Waals surface area (Å²) in [6.45, 7) is 4.24. The zero-order valence-electron chi connectivity index (χ0n) is 12.4. The molecule has 0 fully saturated rings. The lowest BCUT2D eigenvalue weighted by Crippen LogP contribution is -2.37. The van der Waals surface area contributed by atoms with Gasteiger partial charge in [0.2, 0.25) is 0 Å². The average Bonchev–Trinajstić information content (AvgIpc) is 2.45. The molecule has 0 aliphatic carbocycles. The minimum atomic E-state index is 0.318. The Morgan fingerprint density at radius 2 is 1.70 bits per heavy atom. The summed E-state index contributed by atoms with van der Waals surface area (Å²) in [4.78, 5) is 0. The molecule has 0 aliphatic rings. The van der Waals surface area contributed by atoms with Crippen LogP contribution in [0, 0.1) is 13.8 Å². The Bertz CT molecular complexity index is 531. The van der Waals surface area contributed by atoms with Gasteiger partial charge in [-0.1, -0.05) is 59.7 Å². The second kappa shape index (κ2) is 7.22. The van der Waals surface area contributed by atoms with Crippen molar-refractivity contribution in [3.63, 3.8) is 0 Å². The molecule has 0 saturated heterocycles. The van der Waals surface area contributed by atoms with Gasteiger partial charge in [0.05, 0.1) is 0 Å². The first-order valence-corrected chi connectivity index (χ1v) is 7.24. The lowest BCUT2D eigenvalue weighted by molar-refractivity contribution is 0.491. The topological polar surface area (TPSA) is 38.0 Å². The van der Waals surface area contributed by atoms with Crippen LogP contribution in [0.4, 0.5) is 0 Å². The Hall–Kier alpha value is -1.64. The van der Waals surface area contributed by atoms with E-state index in [1.165, 1.54) is 22.3 Å². The van der Waals surface area contributed by atoms with Crippen LogP contribution in [0.1, 0.15) is 28.7 Å². The van der Waals surface area contributed by atoms with Crippen molar-refractivity contribution in [3.05, 3.63) is 70.8 Å². The van der Waals surface area contributed by atoms with Gasteiger partial charge in [-0.05, 0) is 44.2 Å². The van der Waals surface area contributed by atoms with Crippen molar-refractivity contribution in [1.82, 2.24) is 5.43 Å². The number of nitrogens with two attached hydrogens (primary N) is 1. The Balaban J connectivity index is 1.90. The third-order valence-electron chi connectivity index (χ3n) is 3.70. The molecule has 3 N–H and O–H groups in total. The second-order valence-electron chi connectivity index (χ2n) is 5.58. The zero-order chi connectivity index (χ0) is 14.4. The van der Waals surface area contributed by atoms with E-state index in [0.717, 1.165) is 19.3 Å². The SMILES string of the molecule is Cc1ccc(CC(CCc2cccc(C)c2)NN)cc1. The summed E-state index contributed by atoms with van der Waals surface area (Å²) in [5.41, 5.74) is 8.28. The summed E-state index contributed by atoms with van der Waals surface area (Å²) in [7, 11) is 0. The van der Waals surface area contributed by atoms with E-state index in [4.69, 9.17) is 5.84 Å². The highest BCUT2D eigenvalue weighted by molar-refractivity contribution is 5.23. The molecule has 2 aromatic carbocycles. The van der Waals surface area contributed by atoms with E-state index in [-0.39, 0.29) is 0 Å². The van der Waals surface area contributed by atoms with E-state index in [1.54, 1.807) is 0 Å². The Morgan fingerprint density at radius 3 is 2.35 bits per heavy atom. The molecule has 0 aliphatic heterocycles. The third-order valence-corrected chi connectivity index (χ3v) is 3.70. The summed E-state index contributed by atoms with van der Waals surface area (Å²) in [5.74, 6) is 5.69. The third kappa shape index (κ3) is 4.48. The number of aryl methyl sites for hydroxylation is 3. The van der Waals surface area contributed by atoms with Crippen LogP contribution < -0.4 is 11.3 Å². The fourth-order valence-electron chi connectivity index (χ4n) is 2.46. The Morgan fingerprint density at radius 1 is 0.950 bits per heavy atom. The highest BCUT2D eigenvalue weighted by Crippen LogP contribution is 2.12. The Labute approximate surface area is 122 Å². The fraction of sp³-hybridized carbons (Fsp3) is 0.333. The number of nitrogens with one attached hydrogen (secondary N) is 1. The maximum Gasteiger partial charge on any atom is 0.0254 e. The summed E-state index contributed by atoms with van der Waals surface area (Å²) < 4.78 is 0. The van der Waals surface area contributed by atoms with Gasteiger partial charge in [-0.3, -0.25) is 11.3 Å². The molecule has 2 heteroatoms. The van der Waals surface area contributed by atoms with Gasteiger partial charge in [0.1, 0.15) is 0 Å². The maximum atomic E-state index is 5.69. The van der Waals surface area contributed by atoms with Crippen LogP contribution in [0.25, 0.3) is 0 Å². The molecule has 0 heterocycles. The number of hydrazine groups is 1. The van der Waals surface area contributed by atoms with Gasteiger partial charge < -0.3 is 0 Å². The highest BCUT2D eigenvalue weighted by Gasteiger charge is 2.08. The first-order chi connectivity index (χ1) is 9.67. The molecule has 0 spiro atoms. The number of benzene rings is 2. The molecule has 0 radical (unpaired) electrons. The molecule has 0 bridgehead atoms. The highest BCUT2D eigenvalue weighted by atomic mass is 15.2. The van der Waals surface area contributed by atoms with Crippen molar-refractivity contribution in [2.24, 2.45) is 5.84 Å². The summed E-state index contributed by atoms with van der Waals surface area (Å²) >= 11 is 0. The van der Waals surface area contributed by atoms with Gasteiger partial charge in [0, 0.05) is 6.04 Å². The molecule has 1 atom stereocenters. The molecule has 2 rings (SSSR count). The van der Waals surface area contributed by atoms with Gasteiger partial charge in [0.15, 0.2) is 0 Å². The lowest BCUT2D eigenvalue weighted by atomic mass is 9.98. The average molecular weight is 268 g/mol. The van der Waals surface area contributed by atoms with Gasteiger partial charge in [-0.25, -0.2) is 0 Å². The molecule has 2 aromatic rings. The van der Waals surface area contributed by atoms with Crippen molar-refractivity contribution in [3.8, 4) is 0 Å². The van der Waals surface area contributed by atoms with Crippen LogP contribution in [0.2, 0.25) is 0 Å². The smallest absolute Gasteiger partial charge is 0.0254 e. The fourth-order valence-corrected chi connectivity index (χ4v) is 2.46. The molecule has 20 heavy (non-hydrogen) atoms. The largest absolute Gasteiger partial charge is 0.271 e. The first-order valence-electron chi connectivity index (χ1n) is 7.24. The quantitative estimate of drug-likeness (QED) is 0.623. The minimum Gasteiger partial charge on any atom is -0.271 e. The molecule has 0 saturated carbocycles. The second-order valence-corrected chi connectivity index (χ2v) is 5.58. The van der Waals surface area contributed by atoms with Crippen LogP contribution in [0.5, 0.6) is 0 Å². The van der Waals surface area contributed by atoms with E-state index in [2.05, 4.69) is 67.8 Å². The Kier molecular flexibility index (Phi) is 5.33. The van der Waals surface area contributed by atoms with E-state index >= 15 is 0 Å². The number of hydrogen-bond donors (Lipinski definition) is 2. The number of rotatable bonds is 6. The van der Waals surface area contributed by atoms with Crippen LogP contribution in [0.15, 0.2) is 48.5 Å². The predicted octanol–water partition coefficient (Wildman–Crippen LogP) is 3.31. The van der Waals surface area contributed by atoms with Crippen LogP contribution in [-0.2, 0) is 12.8 Å². The molecular weight excluding hydrogens is 244 g/mol. The molecule has 2 nitrogen and oxygen atoms in total.